The van der Waals surface area contributed by atoms with Crippen LogP contribution in [-0.4, -0.2) is 33.2 Å². The van der Waals surface area contributed by atoms with Crippen molar-refractivity contribution in [1.29, 1.82) is 0 Å². The van der Waals surface area contributed by atoms with Gasteiger partial charge in [0.15, 0.2) is 0 Å². The molecule has 0 aromatic rings. The summed E-state index contributed by atoms with van der Waals surface area (Å²) in [6, 6.07) is 0. The molecule has 0 bridgehead atoms. The highest BCUT2D eigenvalue weighted by Gasteiger charge is 2.61. The lowest BCUT2D eigenvalue weighted by Crippen LogP contribution is -2.56. The van der Waals surface area contributed by atoms with E-state index >= 15 is 0 Å². The Morgan fingerprint density at radius 1 is 0.900 bits per heavy atom. The van der Waals surface area contributed by atoms with E-state index in [2.05, 4.69) is 0 Å². The van der Waals surface area contributed by atoms with Gasteiger partial charge in [-0.1, -0.05) is 41.5 Å². The van der Waals surface area contributed by atoms with E-state index in [1.165, 1.54) is 0 Å². The fraction of sp³-hybridized carbons (Fsp3) is 0.786. The average molecular weight is 288 g/mol. The lowest BCUT2D eigenvalue weighted by Gasteiger charge is -2.48. The smallest absolute Gasteiger partial charge is 0.311 e. The highest BCUT2D eigenvalue weighted by atomic mass is 16.4. The van der Waals surface area contributed by atoms with Crippen LogP contribution >= 0.6 is 0 Å². The zero-order valence-electron chi connectivity index (χ0n) is 12.9. The first-order valence-corrected chi connectivity index (χ1v) is 6.36. The van der Waals surface area contributed by atoms with E-state index in [9.17, 15) is 24.6 Å². The Morgan fingerprint density at radius 2 is 1.30 bits per heavy atom. The fourth-order valence-electron chi connectivity index (χ4n) is 2.88. The van der Waals surface area contributed by atoms with Gasteiger partial charge in [0.1, 0.15) is 0 Å². The normalized spacial score (nSPS) is 17.1. The predicted molar refractivity (Wildman–Crippen MR) is 72.4 cm³/mol. The molecule has 6 nitrogen and oxygen atoms in total. The first-order chi connectivity index (χ1) is 8.68. The molecule has 0 saturated carbocycles. The van der Waals surface area contributed by atoms with Crippen LogP contribution in [0.15, 0.2) is 0 Å². The summed E-state index contributed by atoms with van der Waals surface area (Å²) in [6.07, 6.45) is -0.736. The molecule has 0 aromatic carbocycles. The van der Waals surface area contributed by atoms with Crippen LogP contribution in [0.2, 0.25) is 0 Å². The molecule has 3 N–H and O–H groups in total. The lowest BCUT2D eigenvalue weighted by atomic mass is 9.52. The molecule has 0 aliphatic heterocycles. The van der Waals surface area contributed by atoms with Crippen molar-refractivity contribution in [3.63, 3.8) is 0 Å². The molecule has 0 rings (SSSR count). The van der Waals surface area contributed by atoms with Crippen LogP contribution in [0.1, 0.15) is 48.0 Å². The van der Waals surface area contributed by atoms with Crippen LogP contribution in [0, 0.1) is 22.2 Å². The molecule has 0 aliphatic carbocycles. The second-order valence-electron chi connectivity index (χ2n) is 7.23. The van der Waals surface area contributed by atoms with Crippen LogP contribution in [0.3, 0.4) is 0 Å². The zero-order chi connectivity index (χ0) is 16.5. The van der Waals surface area contributed by atoms with Crippen LogP contribution in [0.25, 0.3) is 0 Å². The molecule has 0 heterocycles. The molecule has 0 spiro atoms. The maximum atomic E-state index is 11.9. The van der Waals surface area contributed by atoms with E-state index < -0.39 is 46.5 Å². The summed E-state index contributed by atoms with van der Waals surface area (Å²) in [5.74, 6) is -5.34. The molecule has 2 atom stereocenters. The summed E-state index contributed by atoms with van der Waals surface area (Å²) >= 11 is 0. The first kappa shape index (κ1) is 18.4. The summed E-state index contributed by atoms with van der Waals surface area (Å²) in [6.45, 7) is 9.51. The van der Waals surface area contributed by atoms with Crippen LogP contribution < -0.4 is 0 Å². The Morgan fingerprint density at radius 3 is 1.45 bits per heavy atom. The van der Waals surface area contributed by atoms with Gasteiger partial charge in [-0.15, -0.1) is 0 Å². The van der Waals surface area contributed by atoms with E-state index in [1.807, 2.05) is 0 Å². The van der Waals surface area contributed by atoms with E-state index in [0.717, 1.165) is 0 Å². The topological polar surface area (TPSA) is 112 Å². The van der Waals surface area contributed by atoms with E-state index in [-0.39, 0.29) is 0 Å². The maximum absolute atomic E-state index is 11.9. The van der Waals surface area contributed by atoms with Gasteiger partial charge < -0.3 is 15.3 Å². The zero-order valence-corrected chi connectivity index (χ0v) is 12.9. The third-order valence-electron chi connectivity index (χ3n) is 3.76. The molecule has 1 unspecified atom stereocenters. The Hall–Kier alpha value is -1.59. The molecule has 0 aromatic heterocycles. The van der Waals surface area contributed by atoms with Crippen molar-refractivity contribution in [3.8, 4) is 0 Å². The quantitative estimate of drug-likeness (QED) is 0.715. The molecular weight excluding hydrogens is 264 g/mol. The number of carbonyl (C=O) groups is 3. The standard InChI is InChI=1S/C14H24O6/c1-12(2,3)9(10(17)18)14(11(19)20,7-8(15)16)13(4,5)6/h9H,7H2,1-6H3,(H,15,16)(H,17,18)(H,19,20)/t9?,14-/m1/s1. The number of carboxylic acids is 3. The maximum Gasteiger partial charge on any atom is 0.311 e. The van der Waals surface area contributed by atoms with Crippen molar-refractivity contribution in [1.82, 2.24) is 0 Å². The molecule has 116 valence electrons. The van der Waals surface area contributed by atoms with Gasteiger partial charge >= 0.3 is 17.9 Å². The summed E-state index contributed by atoms with van der Waals surface area (Å²) in [4.78, 5) is 34.7. The van der Waals surface area contributed by atoms with E-state index in [0.29, 0.717) is 0 Å². The Balaban J connectivity index is 6.41. The summed E-state index contributed by atoms with van der Waals surface area (Å²) in [7, 11) is 0. The van der Waals surface area contributed by atoms with Crippen LogP contribution in [0.5, 0.6) is 0 Å². The van der Waals surface area contributed by atoms with E-state index in [1.54, 1.807) is 41.5 Å². The van der Waals surface area contributed by atoms with Crippen molar-refractivity contribution < 1.29 is 29.7 Å². The van der Waals surface area contributed by atoms with Gasteiger partial charge in [-0.2, -0.15) is 0 Å². The first-order valence-electron chi connectivity index (χ1n) is 6.36. The number of carboxylic acid groups (broad SMARTS) is 3. The van der Waals surface area contributed by atoms with Crippen molar-refractivity contribution in [3.05, 3.63) is 0 Å². The van der Waals surface area contributed by atoms with Gasteiger partial charge in [-0.25, -0.2) is 0 Å². The molecular formula is C14H24O6. The Bertz CT molecular complexity index is 412. The van der Waals surface area contributed by atoms with Gasteiger partial charge in [0, 0.05) is 0 Å². The molecule has 0 saturated heterocycles. The third kappa shape index (κ3) is 3.29. The molecule has 0 aliphatic rings. The third-order valence-corrected chi connectivity index (χ3v) is 3.76. The highest BCUT2D eigenvalue weighted by Crippen LogP contribution is 2.53. The Labute approximate surface area is 118 Å². The van der Waals surface area contributed by atoms with Gasteiger partial charge in [-0.05, 0) is 10.8 Å². The van der Waals surface area contributed by atoms with Crippen molar-refractivity contribution in [2.75, 3.05) is 0 Å². The fourth-order valence-corrected chi connectivity index (χ4v) is 2.88. The number of hydrogen-bond donors (Lipinski definition) is 3. The highest BCUT2D eigenvalue weighted by molar-refractivity contribution is 5.88. The number of rotatable bonds is 5. The molecule has 6 heteroatoms. The van der Waals surface area contributed by atoms with Gasteiger partial charge in [0.2, 0.25) is 0 Å². The van der Waals surface area contributed by atoms with Crippen LogP contribution in [-0.2, 0) is 14.4 Å². The lowest BCUT2D eigenvalue weighted by molar-refractivity contribution is -0.184. The van der Waals surface area contributed by atoms with Gasteiger partial charge in [0.05, 0.1) is 17.8 Å². The molecule has 20 heavy (non-hydrogen) atoms. The minimum absolute atomic E-state index is 0.736. The second-order valence-corrected chi connectivity index (χ2v) is 7.23. The van der Waals surface area contributed by atoms with E-state index in [4.69, 9.17) is 5.11 Å². The van der Waals surface area contributed by atoms with Crippen molar-refractivity contribution in [2.24, 2.45) is 22.2 Å². The predicted octanol–water partition coefficient (Wildman–Crippen LogP) is 2.33. The minimum Gasteiger partial charge on any atom is -0.481 e. The summed E-state index contributed by atoms with van der Waals surface area (Å²) < 4.78 is 0. The summed E-state index contributed by atoms with van der Waals surface area (Å²) in [5, 5.41) is 28.3. The number of aliphatic carboxylic acids is 3. The molecule has 0 amide bonds. The van der Waals surface area contributed by atoms with Crippen molar-refractivity contribution in [2.45, 2.75) is 48.0 Å². The Kier molecular flexibility index (Phi) is 4.99. The molecule has 0 radical (unpaired) electrons. The van der Waals surface area contributed by atoms with Crippen LogP contribution in [0.4, 0.5) is 0 Å². The largest absolute Gasteiger partial charge is 0.481 e. The second kappa shape index (κ2) is 5.42. The van der Waals surface area contributed by atoms with Gasteiger partial charge in [0.25, 0.3) is 0 Å². The van der Waals surface area contributed by atoms with Crippen molar-refractivity contribution >= 4 is 17.9 Å². The SMILES string of the molecule is CC(C)(C)C(C(=O)O)[C@](CC(=O)O)(C(=O)O)C(C)(C)C. The minimum atomic E-state index is -1.90. The molecule has 0 fully saturated rings. The monoisotopic (exact) mass is 288 g/mol. The van der Waals surface area contributed by atoms with Gasteiger partial charge in [-0.3, -0.25) is 14.4 Å². The summed E-state index contributed by atoms with van der Waals surface area (Å²) in [5.41, 5.74) is -3.83. The average Bonchev–Trinajstić information content (AvgIpc) is 2.09. The number of hydrogen-bond acceptors (Lipinski definition) is 3.